The summed E-state index contributed by atoms with van der Waals surface area (Å²) in [4.78, 5) is 0. The van der Waals surface area contributed by atoms with Crippen LogP contribution in [0.4, 0.5) is 5.69 Å². The zero-order chi connectivity index (χ0) is 15.2. The largest absolute Gasteiger partial charge is 0.376 e. The van der Waals surface area contributed by atoms with Gasteiger partial charge in [0, 0.05) is 5.02 Å². The number of halogens is 2. The molecule has 0 radical (unpaired) electrons. The molecule has 1 unspecified atom stereocenters. The standard InChI is InChI=1S/C18H19Cl2N/c1-11-4-7-16(15(20)8-11)21-17-14-9-13(19)6-5-12(14)10-18(17,2)3/h4-9,17,21H,10H2,1-3H3. The zero-order valence-corrected chi connectivity index (χ0v) is 14.0. The van der Waals surface area contributed by atoms with Gasteiger partial charge in [-0.15, -0.1) is 0 Å². The predicted octanol–water partition coefficient (Wildman–Crippen LogP) is 6.04. The number of anilines is 1. The summed E-state index contributed by atoms with van der Waals surface area (Å²) in [5, 5.41) is 5.17. The van der Waals surface area contributed by atoms with E-state index in [9.17, 15) is 0 Å². The van der Waals surface area contributed by atoms with Gasteiger partial charge in [0.25, 0.3) is 0 Å². The molecule has 3 rings (SSSR count). The average molecular weight is 320 g/mol. The molecule has 0 aliphatic heterocycles. The van der Waals surface area contributed by atoms with Crippen LogP contribution in [0.2, 0.25) is 10.0 Å². The first-order chi connectivity index (χ1) is 9.87. The molecular weight excluding hydrogens is 301 g/mol. The maximum Gasteiger partial charge on any atom is 0.0640 e. The van der Waals surface area contributed by atoms with Gasteiger partial charge in [0.05, 0.1) is 16.8 Å². The van der Waals surface area contributed by atoms with Gasteiger partial charge in [-0.05, 0) is 59.7 Å². The van der Waals surface area contributed by atoms with Crippen LogP contribution >= 0.6 is 23.2 Å². The Labute approximate surface area is 136 Å². The predicted molar refractivity (Wildman–Crippen MR) is 91.5 cm³/mol. The van der Waals surface area contributed by atoms with Crippen LogP contribution in [0, 0.1) is 12.3 Å². The SMILES string of the molecule is Cc1ccc(NC2c3cc(Cl)ccc3CC2(C)C)c(Cl)c1. The van der Waals surface area contributed by atoms with E-state index in [-0.39, 0.29) is 11.5 Å². The highest BCUT2D eigenvalue weighted by atomic mass is 35.5. The summed E-state index contributed by atoms with van der Waals surface area (Å²) in [7, 11) is 0. The van der Waals surface area contributed by atoms with Crippen LogP contribution in [0.5, 0.6) is 0 Å². The van der Waals surface area contributed by atoms with Crippen molar-refractivity contribution in [2.45, 2.75) is 33.2 Å². The summed E-state index contributed by atoms with van der Waals surface area (Å²) in [6.07, 6.45) is 1.04. The summed E-state index contributed by atoms with van der Waals surface area (Å²) < 4.78 is 0. The lowest BCUT2D eigenvalue weighted by Gasteiger charge is -2.30. The van der Waals surface area contributed by atoms with Crippen molar-refractivity contribution in [2.24, 2.45) is 5.41 Å². The maximum absolute atomic E-state index is 6.37. The van der Waals surface area contributed by atoms with Gasteiger partial charge in [-0.1, -0.05) is 49.2 Å². The van der Waals surface area contributed by atoms with Gasteiger partial charge in [0.2, 0.25) is 0 Å². The average Bonchev–Trinajstić information content (AvgIpc) is 2.63. The van der Waals surface area contributed by atoms with E-state index in [0.717, 1.165) is 22.2 Å². The summed E-state index contributed by atoms with van der Waals surface area (Å²) in [5.74, 6) is 0. The van der Waals surface area contributed by atoms with Gasteiger partial charge >= 0.3 is 0 Å². The third kappa shape index (κ3) is 2.77. The quantitative estimate of drug-likeness (QED) is 0.711. The number of rotatable bonds is 2. The minimum absolute atomic E-state index is 0.126. The van der Waals surface area contributed by atoms with Crippen LogP contribution < -0.4 is 5.32 Å². The Bertz CT molecular complexity index is 692. The van der Waals surface area contributed by atoms with Crippen LogP contribution in [0.15, 0.2) is 36.4 Å². The third-order valence-electron chi connectivity index (χ3n) is 4.27. The van der Waals surface area contributed by atoms with Crippen LogP contribution in [-0.2, 0) is 6.42 Å². The van der Waals surface area contributed by atoms with E-state index in [0.29, 0.717) is 0 Å². The molecule has 2 aromatic carbocycles. The van der Waals surface area contributed by atoms with Gasteiger partial charge in [0.15, 0.2) is 0 Å². The van der Waals surface area contributed by atoms with Crippen molar-refractivity contribution < 1.29 is 0 Å². The Morgan fingerprint density at radius 1 is 1.10 bits per heavy atom. The number of nitrogens with one attached hydrogen (secondary N) is 1. The summed E-state index contributed by atoms with van der Waals surface area (Å²) in [5.41, 5.74) is 4.92. The van der Waals surface area contributed by atoms with Crippen LogP contribution in [0.1, 0.15) is 36.6 Å². The van der Waals surface area contributed by atoms with Gasteiger partial charge in [-0.3, -0.25) is 0 Å². The number of fused-ring (bicyclic) bond motifs is 1. The molecule has 1 aliphatic rings. The van der Waals surface area contributed by atoms with Crippen molar-refractivity contribution >= 4 is 28.9 Å². The number of hydrogen-bond donors (Lipinski definition) is 1. The van der Waals surface area contributed by atoms with Crippen molar-refractivity contribution in [1.82, 2.24) is 0 Å². The third-order valence-corrected chi connectivity index (χ3v) is 4.82. The number of aryl methyl sites for hydroxylation is 1. The van der Waals surface area contributed by atoms with E-state index in [4.69, 9.17) is 23.2 Å². The summed E-state index contributed by atoms with van der Waals surface area (Å²) in [6, 6.07) is 12.5. The second-order valence-corrected chi connectivity index (χ2v) is 7.41. The molecule has 1 aliphatic carbocycles. The lowest BCUT2D eigenvalue weighted by Crippen LogP contribution is -2.24. The Balaban J connectivity index is 1.99. The van der Waals surface area contributed by atoms with Crippen molar-refractivity contribution in [3.05, 3.63) is 63.1 Å². The molecule has 21 heavy (non-hydrogen) atoms. The van der Waals surface area contributed by atoms with Gasteiger partial charge in [-0.2, -0.15) is 0 Å². The van der Waals surface area contributed by atoms with Gasteiger partial charge in [-0.25, -0.2) is 0 Å². The first kappa shape index (κ1) is 14.7. The molecular formula is C18H19Cl2N. The van der Waals surface area contributed by atoms with E-state index in [1.165, 1.54) is 16.7 Å². The first-order valence-electron chi connectivity index (χ1n) is 7.18. The van der Waals surface area contributed by atoms with Crippen molar-refractivity contribution in [1.29, 1.82) is 0 Å². The maximum atomic E-state index is 6.37. The van der Waals surface area contributed by atoms with E-state index >= 15 is 0 Å². The topological polar surface area (TPSA) is 12.0 Å². The molecule has 0 saturated carbocycles. The Morgan fingerprint density at radius 3 is 2.57 bits per heavy atom. The van der Waals surface area contributed by atoms with Gasteiger partial charge < -0.3 is 5.32 Å². The minimum atomic E-state index is 0.126. The van der Waals surface area contributed by atoms with Gasteiger partial charge in [0.1, 0.15) is 0 Å². The monoisotopic (exact) mass is 319 g/mol. The normalized spacial score (nSPS) is 19.4. The van der Waals surface area contributed by atoms with E-state index < -0.39 is 0 Å². The van der Waals surface area contributed by atoms with E-state index in [1.807, 2.05) is 19.1 Å². The molecule has 1 atom stereocenters. The highest BCUT2D eigenvalue weighted by molar-refractivity contribution is 6.33. The van der Waals surface area contributed by atoms with Crippen LogP contribution in [0.3, 0.4) is 0 Å². The van der Waals surface area contributed by atoms with E-state index in [1.54, 1.807) is 0 Å². The number of hydrogen-bond acceptors (Lipinski definition) is 1. The van der Waals surface area contributed by atoms with E-state index in [2.05, 4.69) is 43.4 Å². The Hall–Kier alpha value is -1.18. The fourth-order valence-electron chi connectivity index (χ4n) is 3.18. The fourth-order valence-corrected chi connectivity index (χ4v) is 3.65. The van der Waals surface area contributed by atoms with Crippen LogP contribution in [0.25, 0.3) is 0 Å². The van der Waals surface area contributed by atoms with Crippen molar-refractivity contribution in [3.8, 4) is 0 Å². The lowest BCUT2D eigenvalue weighted by molar-refractivity contribution is 0.337. The highest BCUT2D eigenvalue weighted by Gasteiger charge is 2.39. The smallest absolute Gasteiger partial charge is 0.0640 e. The fraction of sp³-hybridized carbons (Fsp3) is 0.333. The molecule has 2 aromatic rings. The second-order valence-electron chi connectivity index (χ2n) is 6.57. The molecule has 110 valence electrons. The molecule has 0 saturated heterocycles. The Kier molecular flexibility index (Phi) is 3.67. The minimum Gasteiger partial charge on any atom is -0.376 e. The highest BCUT2D eigenvalue weighted by Crippen LogP contribution is 2.48. The zero-order valence-electron chi connectivity index (χ0n) is 12.5. The Morgan fingerprint density at radius 2 is 1.86 bits per heavy atom. The lowest BCUT2D eigenvalue weighted by atomic mass is 9.85. The molecule has 0 spiro atoms. The molecule has 1 N–H and O–H groups in total. The van der Waals surface area contributed by atoms with Crippen LogP contribution in [-0.4, -0.2) is 0 Å². The number of benzene rings is 2. The molecule has 0 fully saturated rings. The second kappa shape index (κ2) is 5.23. The molecule has 0 heterocycles. The molecule has 0 bridgehead atoms. The molecule has 3 heteroatoms. The summed E-state index contributed by atoms with van der Waals surface area (Å²) >= 11 is 12.6. The molecule has 0 amide bonds. The molecule has 1 nitrogen and oxygen atoms in total. The van der Waals surface area contributed by atoms with Crippen molar-refractivity contribution in [3.63, 3.8) is 0 Å². The van der Waals surface area contributed by atoms with Crippen molar-refractivity contribution in [2.75, 3.05) is 5.32 Å². The molecule has 0 aromatic heterocycles. The summed E-state index contributed by atoms with van der Waals surface area (Å²) in [6.45, 7) is 6.60. The first-order valence-corrected chi connectivity index (χ1v) is 7.93.